The van der Waals surface area contributed by atoms with Crippen LogP contribution in [0.1, 0.15) is 37.5 Å². The Balaban J connectivity index is 1.55. The van der Waals surface area contributed by atoms with E-state index in [9.17, 15) is 5.26 Å². The quantitative estimate of drug-likeness (QED) is 0.212. The first-order chi connectivity index (χ1) is 17.1. The lowest BCUT2D eigenvalue weighted by molar-refractivity contribution is -0.157. The van der Waals surface area contributed by atoms with Crippen molar-refractivity contribution in [1.29, 1.82) is 5.26 Å². The maximum Gasteiger partial charge on any atom is 0.220 e. The molecule has 0 spiro atoms. The Morgan fingerprint density at radius 2 is 1.94 bits per heavy atom. The summed E-state index contributed by atoms with van der Waals surface area (Å²) in [6, 6.07) is 12.3. The van der Waals surface area contributed by atoms with Gasteiger partial charge in [0, 0.05) is 16.3 Å². The van der Waals surface area contributed by atoms with Crippen molar-refractivity contribution in [1.82, 2.24) is 9.97 Å². The molecule has 0 aliphatic carbocycles. The van der Waals surface area contributed by atoms with Crippen LogP contribution < -0.4 is 0 Å². The maximum absolute atomic E-state index is 10.7. The summed E-state index contributed by atoms with van der Waals surface area (Å²) in [7, 11) is -2.06. The molecule has 0 radical (unpaired) electrons. The smallest absolute Gasteiger partial charge is 0.220 e. The average molecular weight is 542 g/mol. The highest BCUT2D eigenvalue weighted by molar-refractivity contribution is 7.98. The highest BCUT2D eigenvalue weighted by atomic mass is 32.2. The zero-order valence-electron chi connectivity index (χ0n) is 21.3. The third-order valence-corrected chi connectivity index (χ3v) is 13.8. The zero-order valence-corrected chi connectivity index (χ0v) is 24.0. The second-order valence-corrected chi connectivity index (χ2v) is 17.2. The lowest BCUT2D eigenvalue weighted by Crippen LogP contribution is -2.44. The zero-order chi connectivity index (χ0) is 25.7. The fourth-order valence-corrected chi connectivity index (χ4v) is 7.17. The number of thioether (sulfide) groups is 1. The molecule has 5 rings (SSSR count). The van der Waals surface area contributed by atoms with Gasteiger partial charge in [-0.3, -0.25) is 0 Å². The summed E-state index contributed by atoms with van der Waals surface area (Å²) < 4.78 is 26.1. The minimum atomic E-state index is -2.06. The number of thiophene rings is 1. The molecule has 2 aliphatic rings. The molecule has 7 nitrogen and oxygen atoms in total. The van der Waals surface area contributed by atoms with Gasteiger partial charge in [-0.1, -0.05) is 51.1 Å². The Labute approximate surface area is 221 Å². The highest BCUT2D eigenvalue weighted by Crippen LogP contribution is 2.53. The minimum absolute atomic E-state index is 0.0476. The van der Waals surface area contributed by atoms with Gasteiger partial charge in [-0.25, -0.2) is 9.97 Å². The SMILES string of the molecule is CSc1ncnc2c([C@]3(C#N)O[C@H](CO[Si](C)(C)C(C)(C)C)[C@H]4OC(c5ccccc5)O[C@H]43)scc12. The van der Waals surface area contributed by atoms with E-state index in [0.29, 0.717) is 6.61 Å². The normalized spacial score (nSPS) is 28.4. The fourth-order valence-electron chi connectivity index (χ4n) is 4.43. The van der Waals surface area contributed by atoms with Gasteiger partial charge in [0.05, 0.1) is 17.0 Å². The number of aromatic nitrogens is 2. The van der Waals surface area contributed by atoms with E-state index in [1.807, 2.05) is 42.0 Å². The molecule has 3 aromatic rings. The molecular formula is C26H31N3O4S2Si. The Bertz CT molecular complexity index is 1290. The van der Waals surface area contributed by atoms with Crippen LogP contribution >= 0.6 is 23.1 Å². The topological polar surface area (TPSA) is 86.5 Å². The molecule has 4 heterocycles. The fraction of sp³-hybridized carbons (Fsp3) is 0.500. The number of nitriles is 1. The van der Waals surface area contributed by atoms with E-state index < -0.39 is 38.5 Å². The van der Waals surface area contributed by atoms with Crippen molar-refractivity contribution >= 4 is 42.3 Å². The molecule has 2 aromatic heterocycles. The third-order valence-electron chi connectivity index (χ3n) is 7.49. The summed E-state index contributed by atoms with van der Waals surface area (Å²) in [5, 5.41) is 14.5. The average Bonchev–Trinajstić information content (AvgIpc) is 3.56. The maximum atomic E-state index is 10.7. The summed E-state index contributed by atoms with van der Waals surface area (Å²) >= 11 is 3.01. The van der Waals surface area contributed by atoms with Gasteiger partial charge < -0.3 is 18.6 Å². The second-order valence-electron chi connectivity index (χ2n) is 10.7. The Hall–Kier alpha value is -1.84. The molecule has 0 N–H and O–H groups in total. The third kappa shape index (κ3) is 4.21. The van der Waals surface area contributed by atoms with Gasteiger partial charge in [0.25, 0.3) is 0 Å². The van der Waals surface area contributed by atoms with Gasteiger partial charge in [0.15, 0.2) is 14.6 Å². The summed E-state index contributed by atoms with van der Waals surface area (Å²) in [6.45, 7) is 11.4. The van der Waals surface area contributed by atoms with Crippen molar-refractivity contribution < 1.29 is 18.6 Å². The van der Waals surface area contributed by atoms with E-state index in [-0.39, 0.29) is 5.04 Å². The first-order valence-electron chi connectivity index (χ1n) is 12.0. The molecule has 1 aromatic carbocycles. The van der Waals surface area contributed by atoms with E-state index in [1.165, 1.54) is 11.3 Å². The summed E-state index contributed by atoms with van der Waals surface area (Å²) in [5.41, 5.74) is 0.259. The number of ether oxygens (including phenoxy) is 3. The van der Waals surface area contributed by atoms with Crippen LogP contribution in [0.2, 0.25) is 18.1 Å². The number of hydrogen-bond acceptors (Lipinski definition) is 9. The Morgan fingerprint density at radius 3 is 2.61 bits per heavy atom. The van der Waals surface area contributed by atoms with E-state index in [1.54, 1.807) is 18.1 Å². The molecule has 190 valence electrons. The predicted octanol–water partition coefficient (Wildman–Crippen LogP) is 6.04. The van der Waals surface area contributed by atoms with Crippen LogP contribution in [0.25, 0.3) is 10.9 Å². The number of nitrogens with zero attached hydrogens (tertiary/aromatic N) is 3. The van der Waals surface area contributed by atoms with Crippen LogP contribution in [0.3, 0.4) is 0 Å². The van der Waals surface area contributed by atoms with E-state index in [4.69, 9.17) is 18.6 Å². The summed E-state index contributed by atoms with van der Waals surface area (Å²) in [6.07, 6.45) is 1.38. The van der Waals surface area contributed by atoms with Crippen molar-refractivity contribution in [3.8, 4) is 6.07 Å². The minimum Gasteiger partial charge on any atom is -0.414 e. The molecule has 10 heteroatoms. The van der Waals surface area contributed by atoms with Crippen molar-refractivity contribution in [2.24, 2.45) is 0 Å². The van der Waals surface area contributed by atoms with Gasteiger partial charge >= 0.3 is 0 Å². The van der Waals surface area contributed by atoms with Crippen molar-refractivity contribution in [3.05, 3.63) is 52.5 Å². The summed E-state index contributed by atoms with van der Waals surface area (Å²) in [5.74, 6) is 0. The van der Waals surface area contributed by atoms with Gasteiger partial charge in [-0.05, 0) is 24.4 Å². The van der Waals surface area contributed by atoms with Crippen LogP contribution in [-0.2, 0) is 24.2 Å². The number of rotatable bonds is 6. The van der Waals surface area contributed by atoms with E-state index in [0.717, 1.165) is 26.4 Å². The van der Waals surface area contributed by atoms with Crippen LogP contribution in [0.15, 0.2) is 47.1 Å². The summed E-state index contributed by atoms with van der Waals surface area (Å²) in [4.78, 5) is 9.67. The predicted molar refractivity (Wildman–Crippen MR) is 143 cm³/mol. The molecule has 0 amide bonds. The first kappa shape index (κ1) is 25.8. The van der Waals surface area contributed by atoms with Gasteiger partial charge in [-0.15, -0.1) is 23.1 Å². The first-order valence-corrected chi connectivity index (χ1v) is 17.0. The van der Waals surface area contributed by atoms with Crippen molar-refractivity contribution in [2.75, 3.05) is 12.9 Å². The van der Waals surface area contributed by atoms with Crippen LogP contribution in [0.4, 0.5) is 0 Å². The Kier molecular flexibility index (Phi) is 6.79. The molecule has 0 saturated carbocycles. The van der Waals surface area contributed by atoms with Gasteiger partial charge in [-0.2, -0.15) is 5.26 Å². The molecule has 2 fully saturated rings. The number of hydrogen-bond donors (Lipinski definition) is 0. The highest BCUT2D eigenvalue weighted by Gasteiger charge is 2.64. The molecular weight excluding hydrogens is 511 g/mol. The van der Waals surface area contributed by atoms with Crippen LogP contribution in [-0.4, -0.2) is 49.5 Å². The standard InChI is InChI=1S/C26H31N3O4S2Si/c1-25(2,3)36(5,6)30-12-18-20-21(32-24(31-20)16-10-8-7-9-11-16)26(14-27,33-18)22-19-17(13-35-22)23(34-4)29-15-28-19/h7-11,13,15,18,20-21,24H,12H2,1-6H3/t18-,20-,21-,24?,26-/m1/s1. The molecule has 2 aliphatic heterocycles. The van der Waals surface area contributed by atoms with Crippen LogP contribution in [0, 0.1) is 11.3 Å². The van der Waals surface area contributed by atoms with Crippen molar-refractivity contribution in [3.63, 3.8) is 0 Å². The number of fused-ring (bicyclic) bond motifs is 2. The lowest BCUT2D eigenvalue weighted by Gasteiger charge is -2.37. The molecule has 0 bridgehead atoms. The number of benzene rings is 1. The monoisotopic (exact) mass is 541 g/mol. The van der Waals surface area contributed by atoms with Gasteiger partial charge in [0.1, 0.15) is 35.7 Å². The Morgan fingerprint density at radius 1 is 1.19 bits per heavy atom. The van der Waals surface area contributed by atoms with Gasteiger partial charge in [0.2, 0.25) is 5.60 Å². The molecule has 2 saturated heterocycles. The van der Waals surface area contributed by atoms with Crippen LogP contribution in [0.5, 0.6) is 0 Å². The van der Waals surface area contributed by atoms with E-state index >= 15 is 0 Å². The van der Waals surface area contributed by atoms with E-state index in [2.05, 4.69) is 49.9 Å². The second kappa shape index (κ2) is 9.47. The molecule has 1 unspecified atom stereocenters. The largest absolute Gasteiger partial charge is 0.414 e. The molecule has 36 heavy (non-hydrogen) atoms. The van der Waals surface area contributed by atoms with Crippen molar-refractivity contribution in [2.45, 2.75) is 74.1 Å². The lowest BCUT2D eigenvalue weighted by atomic mass is 9.93. The molecule has 5 atom stereocenters.